The Balaban J connectivity index is 1.05. The van der Waals surface area contributed by atoms with Gasteiger partial charge in [0.05, 0.1) is 5.41 Å². The van der Waals surface area contributed by atoms with Crippen molar-refractivity contribution in [2.75, 3.05) is 4.90 Å². The molecule has 0 N–H and O–H groups in total. The fourth-order valence-electron chi connectivity index (χ4n) is 15.0. The lowest BCUT2D eigenvalue weighted by Crippen LogP contribution is -2.48. The smallest absolute Gasteiger partial charge is 0.0726 e. The molecule has 1 heteroatoms. The van der Waals surface area contributed by atoms with E-state index in [-0.39, 0.29) is 16.2 Å². The van der Waals surface area contributed by atoms with Gasteiger partial charge in [-0.15, -0.1) is 0 Å². The second-order valence-electron chi connectivity index (χ2n) is 24.0. The highest BCUT2D eigenvalue weighted by Crippen LogP contribution is 2.65. The molecule has 0 radical (unpaired) electrons. The van der Waals surface area contributed by atoms with Crippen LogP contribution < -0.4 is 4.90 Å². The molecule has 0 aliphatic heterocycles. The first-order valence-electron chi connectivity index (χ1n) is 24.8. The van der Waals surface area contributed by atoms with Gasteiger partial charge in [-0.1, -0.05) is 165 Å². The summed E-state index contributed by atoms with van der Waals surface area (Å²) < 4.78 is 0. The maximum Gasteiger partial charge on any atom is 0.0726 e. The molecule has 65 heavy (non-hydrogen) atoms. The van der Waals surface area contributed by atoms with Crippen LogP contribution in [0.2, 0.25) is 0 Å². The largest absolute Gasteiger partial charge is 0.310 e. The Labute approximate surface area is 388 Å². The highest BCUT2D eigenvalue weighted by molar-refractivity contribution is 5.97. The van der Waals surface area contributed by atoms with Crippen LogP contribution in [0.4, 0.5) is 17.1 Å². The van der Waals surface area contributed by atoms with Crippen LogP contribution in [0.25, 0.3) is 33.4 Å². The van der Waals surface area contributed by atoms with E-state index in [4.69, 9.17) is 0 Å². The van der Waals surface area contributed by atoms with Crippen molar-refractivity contribution in [3.63, 3.8) is 0 Å². The maximum absolute atomic E-state index is 2.60. The minimum Gasteiger partial charge on any atom is -0.310 e. The molecular weight excluding hydrogens is 783 g/mol. The molecule has 7 aliphatic carbocycles. The zero-order valence-electron chi connectivity index (χ0n) is 39.8. The van der Waals surface area contributed by atoms with Crippen molar-refractivity contribution in [2.45, 2.75) is 121 Å². The number of anilines is 3. The second kappa shape index (κ2) is 13.2. The fraction of sp³-hybridized carbons (Fsp3) is 0.344. The monoisotopic (exact) mass is 845 g/mol. The van der Waals surface area contributed by atoms with Gasteiger partial charge in [0.25, 0.3) is 0 Å². The molecule has 0 amide bonds. The lowest BCUT2D eigenvalue weighted by Gasteiger charge is -2.57. The van der Waals surface area contributed by atoms with E-state index in [9.17, 15) is 0 Å². The highest BCUT2D eigenvalue weighted by Gasteiger charge is 2.54. The SMILES string of the molecule is CC(C)(C)c1ccc2c(c1)C1(c3ccccc3-c3ccc(N(c4ccc(C56CC7CC(CC(C7)C5)C6)cc4)c4ccc5c(c4)-c4ccccc4C5(C)C)cc31)c1cc(C(C)(C)C)ccc1-2. The molecule has 0 heterocycles. The predicted octanol–water partition coefficient (Wildman–Crippen LogP) is 16.9. The minimum atomic E-state index is -0.468. The summed E-state index contributed by atoms with van der Waals surface area (Å²) in [5.74, 6) is 2.76. The predicted molar refractivity (Wildman–Crippen MR) is 272 cm³/mol. The highest BCUT2D eigenvalue weighted by atomic mass is 15.1. The summed E-state index contributed by atoms with van der Waals surface area (Å²) in [5.41, 5.74) is 24.4. The van der Waals surface area contributed by atoms with Gasteiger partial charge in [0, 0.05) is 22.5 Å². The summed E-state index contributed by atoms with van der Waals surface area (Å²) in [6.45, 7) is 18.9. The number of hydrogen-bond donors (Lipinski definition) is 0. The van der Waals surface area contributed by atoms with Gasteiger partial charge >= 0.3 is 0 Å². The second-order valence-corrected chi connectivity index (χ2v) is 24.0. The molecule has 0 unspecified atom stereocenters. The Hall–Kier alpha value is -5.66. The quantitative estimate of drug-likeness (QED) is 0.171. The van der Waals surface area contributed by atoms with E-state index in [0.29, 0.717) is 5.41 Å². The summed E-state index contributed by atoms with van der Waals surface area (Å²) >= 11 is 0. The molecule has 4 saturated carbocycles. The number of rotatable bonds is 4. The Morgan fingerprint density at radius 3 is 1.40 bits per heavy atom. The average molecular weight is 846 g/mol. The summed E-state index contributed by atoms with van der Waals surface area (Å²) in [4.78, 5) is 2.59. The van der Waals surface area contributed by atoms with Crippen molar-refractivity contribution in [1.29, 1.82) is 0 Å². The first-order valence-corrected chi connectivity index (χ1v) is 24.8. The van der Waals surface area contributed by atoms with Gasteiger partial charge in [-0.25, -0.2) is 0 Å². The Morgan fingerprint density at radius 1 is 0.400 bits per heavy atom. The molecule has 0 aromatic heterocycles. The van der Waals surface area contributed by atoms with Gasteiger partial charge in [0.2, 0.25) is 0 Å². The number of nitrogens with zero attached hydrogens (tertiary/aromatic N) is 1. The zero-order valence-corrected chi connectivity index (χ0v) is 39.8. The van der Waals surface area contributed by atoms with E-state index in [0.717, 1.165) is 17.8 Å². The first-order chi connectivity index (χ1) is 31.1. The standard InChI is InChI=1S/C64H63N/c1-60(2,3)43-19-25-50-51-26-20-44(61(4,5)6)33-58(51)64(57(50)32-43)56-16-12-10-13-48(56)52-27-23-47(35-59(52)64)65(46-24-28-55-53(34-46)49-14-9-11-15-54(49)62(55,7)8)45-21-17-42(18-22-45)63-36-39-29-40(37-63)31-41(30-39)38-63/h9-28,32-35,39-41H,29-31,36-38H2,1-8H3. The van der Waals surface area contributed by atoms with E-state index in [2.05, 4.69) is 206 Å². The van der Waals surface area contributed by atoms with E-state index < -0.39 is 5.41 Å². The molecule has 1 spiro atoms. The van der Waals surface area contributed by atoms with Gasteiger partial charge in [-0.2, -0.15) is 0 Å². The number of benzene rings is 7. The zero-order chi connectivity index (χ0) is 44.4. The third-order valence-corrected chi connectivity index (χ3v) is 17.8. The molecule has 0 saturated heterocycles. The molecule has 7 aromatic rings. The van der Waals surface area contributed by atoms with Crippen LogP contribution in [-0.4, -0.2) is 0 Å². The summed E-state index contributed by atoms with van der Waals surface area (Å²) in [7, 11) is 0. The number of fused-ring (bicyclic) bond motifs is 13. The lowest BCUT2D eigenvalue weighted by molar-refractivity contribution is -0.00518. The molecule has 1 nitrogen and oxygen atoms in total. The first kappa shape index (κ1) is 39.7. The number of hydrogen-bond acceptors (Lipinski definition) is 1. The van der Waals surface area contributed by atoms with Crippen molar-refractivity contribution in [3.8, 4) is 33.4 Å². The van der Waals surface area contributed by atoms with Crippen LogP contribution in [0.5, 0.6) is 0 Å². The fourth-order valence-corrected chi connectivity index (χ4v) is 15.0. The molecule has 4 fully saturated rings. The van der Waals surface area contributed by atoms with Crippen LogP contribution in [0, 0.1) is 17.8 Å². The Morgan fingerprint density at radius 2 is 0.831 bits per heavy atom. The normalized spacial score (nSPS) is 23.2. The van der Waals surface area contributed by atoms with Gasteiger partial charge in [-0.3, -0.25) is 0 Å². The Bertz CT molecular complexity index is 3020. The Kier molecular flexibility index (Phi) is 8.09. The topological polar surface area (TPSA) is 3.24 Å². The molecule has 7 aliphatic rings. The molecular formula is C64H63N. The van der Waals surface area contributed by atoms with Crippen LogP contribution >= 0.6 is 0 Å². The van der Waals surface area contributed by atoms with E-state index in [1.54, 1.807) is 5.56 Å². The van der Waals surface area contributed by atoms with Crippen LogP contribution in [0.1, 0.15) is 144 Å². The molecule has 4 bridgehead atoms. The van der Waals surface area contributed by atoms with Crippen molar-refractivity contribution in [1.82, 2.24) is 0 Å². The maximum atomic E-state index is 2.60. The van der Waals surface area contributed by atoms with Gasteiger partial charge in [-0.05, 0) is 192 Å². The van der Waals surface area contributed by atoms with Gasteiger partial charge in [0.15, 0.2) is 0 Å². The summed E-state index contributed by atoms with van der Waals surface area (Å²) in [6, 6.07) is 58.0. The summed E-state index contributed by atoms with van der Waals surface area (Å²) in [5, 5.41) is 0. The van der Waals surface area contributed by atoms with E-state index in [1.807, 2.05) is 0 Å². The van der Waals surface area contributed by atoms with Crippen LogP contribution in [-0.2, 0) is 27.1 Å². The minimum absolute atomic E-state index is 0.00422. The average Bonchev–Trinajstić information content (AvgIpc) is 3.83. The van der Waals surface area contributed by atoms with Crippen LogP contribution in [0.3, 0.4) is 0 Å². The molecule has 14 rings (SSSR count). The molecule has 324 valence electrons. The van der Waals surface area contributed by atoms with Crippen molar-refractivity contribution in [3.05, 3.63) is 196 Å². The van der Waals surface area contributed by atoms with Crippen LogP contribution in [0.15, 0.2) is 146 Å². The van der Waals surface area contributed by atoms with Crippen molar-refractivity contribution in [2.24, 2.45) is 17.8 Å². The van der Waals surface area contributed by atoms with Crippen molar-refractivity contribution < 1.29 is 0 Å². The van der Waals surface area contributed by atoms with E-state index >= 15 is 0 Å². The van der Waals surface area contributed by atoms with E-state index in [1.165, 1.54) is 133 Å². The third-order valence-electron chi connectivity index (χ3n) is 17.8. The third kappa shape index (κ3) is 5.51. The van der Waals surface area contributed by atoms with Gasteiger partial charge in [0.1, 0.15) is 0 Å². The molecule has 0 atom stereocenters. The van der Waals surface area contributed by atoms with Crippen molar-refractivity contribution >= 4 is 17.1 Å². The summed E-state index contributed by atoms with van der Waals surface area (Å²) in [6.07, 6.45) is 8.55. The lowest BCUT2D eigenvalue weighted by atomic mass is 9.48. The molecule has 7 aromatic carbocycles. The van der Waals surface area contributed by atoms with Gasteiger partial charge < -0.3 is 4.90 Å².